The van der Waals surface area contributed by atoms with E-state index in [0.29, 0.717) is 13.1 Å². The van der Waals surface area contributed by atoms with E-state index < -0.39 is 5.82 Å². The highest BCUT2D eigenvalue weighted by Crippen LogP contribution is 2.11. The van der Waals surface area contributed by atoms with Gasteiger partial charge in [-0.15, -0.1) is 0 Å². The van der Waals surface area contributed by atoms with Crippen LogP contribution in [0.1, 0.15) is 15.9 Å². The van der Waals surface area contributed by atoms with Crippen LogP contribution < -0.4 is 0 Å². The molecule has 5 heteroatoms. The fourth-order valence-corrected chi connectivity index (χ4v) is 3.05. The summed E-state index contributed by atoms with van der Waals surface area (Å²) in [5, 5.41) is 0. The number of morpholine rings is 1. The fourth-order valence-electron chi connectivity index (χ4n) is 3.05. The summed E-state index contributed by atoms with van der Waals surface area (Å²) >= 11 is 0. The van der Waals surface area contributed by atoms with E-state index in [1.54, 1.807) is 23.1 Å². The third kappa shape index (κ3) is 5.74. The normalized spacial score (nSPS) is 15.1. The Hall–Kier alpha value is -2.50. The molecule has 4 nitrogen and oxygen atoms in total. The zero-order chi connectivity index (χ0) is 18.9. The van der Waals surface area contributed by atoms with Crippen LogP contribution in [0.2, 0.25) is 0 Å². The van der Waals surface area contributed by atoms with E-state index >= 15 is 0 Å². The maximum absolute atomic E-state index is 14.1. The van der Waals surface area contributed by atoms with E-state index in [1.807, 2.05) is 42.5 Å². The Morgan fingerprint density at radius 1 is 1.07 bits per heavy atom. The summed E-state index contributed by atoms with van der Waals surface area (Å²) in [7, 11) is 0. The molecule has 27 heavy (non-hydrogen) atoms. The van der Waals surface area contributed by atoms with E-state index in [1.165, 1.54) is 6.07 Å². The van der Waals surface area contributed by atoms with Crippen LogP contribution in [0.4, 0.5) is 4.39 Å². The first-order valence-corrected chi connectivity index (χ1v) is 9.29. The minimum absolute atomic E-state index is 0.118. The van der Waals surface area contributed by atoms with E-state index in [9.17, 15) is 9.18 Å². The Labute approximate surface area is 159 Å². The lowest BCUT2D eigenvalue weighted by molar-refractivity contribution is 0.0331. The maximum atomic E-state index is 14.1. The van der Waals surface area contributed by atoms with Crippen molar-refractivity contribution in [3.63, 3.8) is 0 Å². The molecule has 0 unspecified atom stereocenters. The van der Waals surface area contributed by atoms with Gasteiger partial charge in [0.2, 0.25) is 0 Å². The summed E-state index contributed by atoms with van der Waals surface area (Å²) in [6, 6.07) is 16.1. The van der Waals surface area contributed by atoms with Crippen molar-refractivity contribution in [1.29, 1.82) is 0 Å². The molecule has 0 N–H and O–H groups in total. The Morgan fingerprint density at radius 3 is 2.52 bits per heavy atom. The van der Waals surface area contributed by atoms with Crippen molar-refractivity contribution in [3.05, 3.63) is 77.6 Å². The molecule has 0 atom stereocenters. The van der Waals surface area contributed by atoms with Crippen molar-refractivity contribution < 1.29 is 13.9 Å². The van der Waals surface area contributed by atoms with Gasteiger partial charge in [0.15, 0.2) is 0 Å². The van der Waals surface area contributed by atoms with Gasteiger partial charge in [0.05, 0.1) is 18.8 Å². The second-order valence-electron chi connectivity index (χ2n) is 6.50. The molecular formula is C22H25FN2O2. The minimum Gasteiger partial charge on any atom is -0.379 e. The molecule has 0 radical (unpaired) electrons. The summed E-state index contributed by atoms with van der Waals surface area (Å²) in [6.07, 6.45) is 3.93. The Kier molecular flexibility index (Phi) is 7.13. The number of benzene rings is 2. The number of ether oxygens (including phenoxy) is 1. The largest absolute Gasteiger partial charge is 0.379 e. The Morgan fingerprint density at radius 2 is 1.78 bits per heavy atom. The zero-order valence-corrected chi connectivity index (χ0v) is 15.4. The lowest BCUT2D eigenvalue weighted by Crippen LogP contribution is -2.43. The first-order valence-electron chi connectivity index (χ1n) is 9.29. The minimum atomic E-state index is -0.481. The quantitative estimate of drug-likeness (QED) is 0.752. The van der Waals surface area contributed by atoms with Crippen LogP contribution in [0.15, 0.2) is 60.7 Å². The lowest BCUT2D eigenvalue weighted by atomic mass is 10.1. The molecule has 1 aliphatic heterocycles. The highest BCUT2D eigenvalue weighted by molar-refractivity contribution is 5.94. The summed E-state index contributed by atoms with van der Waals surface area (Å²) in [5.74, 6) is -0.759. The summed E-state index contributed by atoms with van der Waals surface area (Å²) < 4.78 is 19.5. The van der Waals surface area contributed by atoms with Gasteiger partial charge in [0.25, 0.3) is 5.91 Å². The van der Waals surface area contributed by atoms with Crippen molar-refractivity contribution in [3.8, 4) is 0 Å². The molecule has 0 saturated carbocycles. The standard InChI is InChI=1S/C22H25FN2O2/c23-21-11-5-4-10-20(21)22(26)25(14-13-24-15-17-27-18-16-24)12-6-9-19-7-2-1-3-8-19/h1-11H,12-18H2/b9-6+. The molecule has 2 aromatic rings. The van der Waals surface area contributed by atoms with Crippen molar-refractivity contribution in [2.45, 2.75) is 0 Å². The first kappa shape index (κ1) is 19.3. The molecule has 2 aromatic carbocycles. The predicted octanol–water partition coefficient (Wildman–Crippen LogP) is 3.31. The van der Waals surface area contributed by atoms with Crippen molar-refractivity contribution in [2.75, 3.05) is 45.9 Å². The number of hydrogen-bond donors (Lipinski definition) is 0. The van der Waals surface area contributed by atoms with Crippen LogP contribution in [0, 0.1) is 5.82 Å². The van der Waals surface area contributed by atoms with Crippen LogP contribution >= 0.6 is 0 Å². The number of carbonyl (C=O) groups excluding carboxylic acids is 1. The van der Waals surface area contributed by atoms with Gasteiger partial charge in [-0.3, -0.25) is 9.69 Å². The highest BCUT2D eigenvalue weighted by Gasteiger charge is 2.19. The van der Waals surface area contributed by atoms with Crippen LogP contribution in [0.5, 0.6) is 0 Å². The molecule has 0 aromatic heterocycles. The molecule has 1 heterocycles. The van der Waals surface area contributed by atoms with E-state index in [0.717, 1.165) is 38.4 Å². The van der Waals surface area contributed by atoms with Gasteiger partial charge in [-0.1, -0.05) is 54.6 Å². The fraction of sp³-hybridized carbons (Fsp3) is 0.318. The lowest BCUT2D eigenvalue weighted by Gasteiger charge is -2.29. The smallest absolute Gasteiger partial charge is 0.257 e. The maximum Gasteiger partial charge on any atom is 0.257 e. The van der Waals surface area contributed by atoms with Crippen LogP contribution in [0.3, 0.4) is 0 Å². The van der Waals surface area contributed by atoms with Gasteiger partial charge in [0.1, 0.15) is 5.82 Å². The molecule has 0 bridgehead atoms. The van der Waals surface area contributed by atoms with Crippen molar-refractivity contribution in [2.24, 2.45) is 0 Å². The van der Waals surface area contributed by atoms with Crippen molar-refractivity contribution in [1.82, 2.24) is 9.80 Å². The van der Waals surface area contributed by atoms with Crippen LogP contribution in [-0.4, -0.2) is 61.6 Å². The summed E-state index contributed by atoms with van der Waals surface area (Å²) in [4.78, 5) is 16.9. The molecule has 1 amide bonds. The number of rotatable bonds is 7. The van der Waals surface area contributed by atoms with Gasteiger partial charge in [-0.2, -0.15) is 0 Å². The second-order valence-corrected chi connectivity index (χ2v) is 6.50. The van der Waals surface area contributed by atoms with Gasteiger partial charge in [0, 0.05) is 32.7 Å². The monoisotopic (exact) mass is 368 g/mol. The Balaban J connectivity index is 1.68. The highest BCUT2D eigenvalue weighted by atomic mass is 19.1. The molecule has 0 spiro atoms. The first-order chi connectivity index (χ1) is 13.2. The SMILES string of the molecule is O=C(c1ccccc1F)N(C/C=C/c1ccccc1)CCN1CCOCC1. The van der Waals surface area contributed by atoms with Gasteiger partial charge in [-0.05, 0) is 17.7 Å². The van der Waals surface area contributed by atoms with E-state index in [-0.39, 0.29) is 11.5 Å². The Bertz CT molecular complexity index is 758. The number of amides is 1. The second kappa shape index (κ2) is 10.00. The molecular weight excluding hydrogens is 343 g/mol. The predicted molar refractivity (Wildman–Crippen MR) is 105 cm³/mol. The average molecular weight is 368 g/mol. The van der Waals surface area contributed by atoms with E-state index in [4.69, 9.17) is 4.74 Å². The molecule has 142 valence electrons. The summed E-state index contributed by atoms with van der Waals surface area (Å²) in [5.41, 5.74) is 1.19. The van der Waals surface area contributed by atoms with Crippen molar-refractivity contribution >= 4 is 12.0 Å². The molecule has 1 saturated heterocycles. The third-order valence-electron chi connectivity index (χ3n) is 4.62. The van der Waals surface area contributed by atoms with Crippen LogP contribution in [0.25, 0.3) is 6.08 Å². The number of hydrogen-bond acceptors (Lipinski definition) is 3. The van der Waals surface area contributed by atoms with Gasteiger partial charge < -0.3 is 9.64 Å². The average Bonchev–Trinajstić information content (AvgIpc) is 2.72. The van der Waals surface area contributed by atoms with Gasteiger partial charge >= 0.3 is 0 Å². The number of halogens is 1. The number of carbonyl (C=O) groups is 1. The number of nitrogens with zero attached hydrogens (tertiary/aromatic N) is 2. The zero-order valence-electron chi connectivity index (χ0n) is 15.4. The van der Waals surface area contributed by atoms with Gasteiger partial charge in [-0.25, -0.2) is 4.39 Å². The summed E-state index contributed by atoms with van der Waals surface area (Å²) in [6.45, 7) is 4.90. The molecule has 0 aliphatic carbocycles. The molecule has 3 rings (SSSR count). The van der Waals surface area contributed by atoms with E-state index in [2.05, 4.69) is 4.90 Å². The van der Waals surface area contributed by atoms with Crippen LogP contribution in [-0.2, 0) is 4.74 Å². The molecule has 1 aliphatic rings. The topological polar surface area (TPSA) is 32.8 Å². The molecule has 1 fully saturated rings. The third-order valence-corrected chi connectivity index (χ3v) is 4.62.